The number of nitrogens with one attached hydrogen (secondary N) is 1. The van der Waals surface area contributed by atoms with Gasteiger partial charge < -0.3 is 9.72 Å². The lowest BCUT2D eigenvalue weighted by Crippen LogP contribution is -1.97. The number of benzene rings is 1. The molecule has 1 N–H and O–H groups in total. The van der Waals surface area contributed by atoms with Crippen LogP contribution >= 0.6 is 12.2 Å². The van der Waals surface area contributed by atoms with Crippen molar-refractivity contribution in [3.8, 4) is 11.4 Å². The van der Waals surface area contributed by atoms with E-state index in [1.54, 1.807) is 7.11 Å². The third kappa shape index (κ3) is 2.99. The van der Waals surface area contributed by atoms with Gasteiger partial charge >= 0.3 is 0 Å². The van der Waals surface area contributed by atoms with Crippen molar-refractivity contribution in [2.45, 2.75) is 13.5 Å². The lowest BCUT2D eigenvalue weighted by Gasteiger charge is -2.05. The minimum atomic E-state index is 0.505. The molecule has 1 aromatic heterocycles. The average Bonchev–Trinajstić information content (AvgIpc) is 2.29. The number of nitrogens with zero attached hydrogens (tertiary/aromatic N) is 1. The van der Waals surface area contributed by atoms with Gasteiger partial charge in [0.25, 0.3) is 0 Å². The predicted octanol–water partition coefficient (Wildman–Crippen LogP) is 3.26. The van der Waals surface area contributed by atoms with E-state index in [1.807, 2.05) is 18.2 Å². The summed E-state index contributed by atoms with van der Waals surface area (Å²) in [5.74, 6) is 0.782. The predicted molar refractivity (Wildman–Crippen MR) is 70.3 cm³/mol. The molecule has 4 heteroatoms. The van der Waals surface area contributed by atoms with Crippen molar-refractivity contribution in [1.29, 1.82) is 0 Å². The molecule has 2 aromatic rings. The van der Waals surface area contributed by atoms with Crippen molar-refractivity contribution in [1.82, 2.24) is 9.97 Å². The quantitative estimate of drug-likeness (QED) is 0.845. The third-order valence-corrected chi connectivity index (χ3v) is 2.63. The number of hydrogen-bond donors (Lipinski definition) is 1. The lowest BCUT2D eigenvalue weighted by molar-refractivity contribution is 0.181. The number of H-pyrrole nitrogens is 1. The number of hydrogen-bond acceptors (Lipinski definition) is 3. The standard InChI is InChI=1S/C13H14N2OS/c1-9-3-5-10(6-4-9)13-14-11(8-16-2)7-12(17)15-13/h3-7H,8H2,1-2H3,(H,14,15,17). The summed E-state index contributed by atoms with van der Waals surface area (Å²) in [4.78, 5) is 7.54. The summed E-state index contributed by atoms with van der Waals surface area (Å²) < 4.78 is 5.66. The maximum absolute atomic E-state index is 5.14. The highest BCUT2D eigenvalue weighted by Crippen LogP contribution is 2.16. The van der Waals surface area contributed by atoms with Crippen LogP contribution in [0.4, 0.5) is 0 Å². The first-order chi connectivity index (χ1) is 8.19. The molecule has 88 valence electrons. The monoisotopic (exact) mass is 246 g/mol. The molecule has 0 aliphatic heterocycles. The fourth-order valence-electron chi connectivity index (χ4n) is 1.59. The highest BCUT2D eigenvalue weighted by molar-refractivity contribution is 7.71. The fraction of sp³-hybridized carbons (Fsp3) is 0.231. The van der Waals surface area contributed by atoms with Crippen molar-refractivity contribution >= 4 is 12.2 Å². The molecule has 0 bridgehead atoms. The minimum absolute atomic E-state index is 0.505. The van der Waals surface area contributed by atoms with Crippen LogP contribution in [0.2, 0.25) is 0 Å². The molecular weight excluding hydrogens is 232 g/mol. The zero-order valence-corrected chi connectivity index (χ0v) is 10.7. The summed E-state index contributed by atoms with van der Waals surface area (Å²) in [5, 5.41) is 0. The SMILES string of the molecule is COCc1cc(=S)nc(-c2ccc(C)cc2)[nH]1. The van der Waals surface area contributed by atoms with E-state index in [1.165, 1.54) is 5.56 Å². The molecule has 0 unspecified atom stereocenters. The van der Waals surface area contributed by atoms with Crippen molar-refractivity contribution in [2.75, 3.05) is 7.11 Å². The minimum Gasteiger partial charge on any atom is -0.378 e. The molecular formula is C13H14N2OS. The van der Waals surface area contributed by atoms with Gasteiger partial charge in [0.05, 0.1) is 6.61 Å². The first kappa shape index (κ1) is 12.0. The van der Waals surface area contributed by atoms with Crippen LogP contribution in [0.3, 0.4) is 0 Å². The molecule has 0 saturated heterocycles. The molecule has 0 aliphatic carbocycles. The number of methoxy groups -OCH3 is 1. The maximum atomic E-state index is 5.14. The Kier molecular flexibility index (Phi) is 3.66. The zero-order valence-electron chi connectivity index (χ0n) is 9.86. The molecule has 0 aliphatic rings. The Balaban J connectivity index is 2.44. The van der Waals surface area contributed by atoms with E-state index in [0.717, 1.165) is 17.1 Å². The molecule has 0 fully saturated rings. The molecule has 0 saturated carbocycles. The van der Waals surface area contributed by atoms with Gasteiger partial charge in [-0.1, -0.05) is 42.0 Å². The molecule has 3 nitrogen and oxygen atoms in total. The topological polar surface area (TPSA) is 37.9 Å². The van der Waals surface area contributed by atoms with Gasteiger partial charge in [-0.2, -0.15) is 0 Å². The first-order valence-electron chi connectivity index (χ1n) is 5.35. The molecule has 0 spiro atoms. The van der Waals surface area contributed by atoms with Crippen molar-refractivity contribution in [3.63, 3.8) is 0 Å². The van der Waals surface area contributed by atoms with Crippen LogP contribution in [-0.4, -0.2) is 17.1 Å². The van der Waals surface area contributed by atoms with Crippen LogP contribution in [-0.2, 0) is 11.3 Å². The van der Waals surface area contributed by atoms with Crippen molar-refractivity contribution < 1.29 is 4.74 Å². The Bertz CT molecular complexity index is 560. The molecule has 0 amide bonds. The Morgan fingerprint density at radius 3 is 2.65 bits per heavy atom. The van der Waals surface area contributed by atoms with E-state index in [9.17, 15) is 0 Å². The lowest BCUT2D eigenvalue weighted by atomic mass is 10.1. The Morgan fingerprint density at radius 2 is 2.00 bits per heavy atom. The first-order valence-corrected chi connectivity index (χ1v) is 5.76. The molecule has 0 atom stereocenters. The highest BCUT2D eigenvalue weighted by atomic mass is 32.1. The van der Waals surface area contributed by atoms with Gasteiger partial charge in [-0.25, -0.2) is 4.98 Å². The van der Waals surface area contributed by atoms with Gasteiger partial charge in [0, 0.05) is 18.4 Å². The summed E-state index contributed by atoms with van der Waals surface area (Å²) >= 11 is 5.14. The molecule has 1 aromatic carbocycles. The van der Waals surface area contributed by atoms with Crippen LogP contribution in [0.25, 0.3) is 11.4 Å². The summed E-state index contributed by atoms with van der Waals surface area (Å²) in [5.41, 5.74) is 3.18. The maximum Gasteiger partial charge on any atom is 0.139 e. The van der Waals surface area contributed by atoms with Crippen LogP contribution in [0.15, 0.2) is 30.3 Å². The molecule has 17 heavy (non-hydrogen) atoms. The largest absolute Gasteiger partial charge is 0.378 e. The van der Waals surface area contributed by atoms with Gasteiger partial charge in [-0.05, 0) is 13.0 Å². The van der Waals surface area contributed by atoms with E-state index < -0.39 is 0 Å². The highest BCUT2D eigenvalue weighted by Gasteiger charge is 2.02. The van der Waals surface area contributed by atoms with Crippen molar-refractivity contribution in [3.05, 3.63) is 46.2 Å². The van der Waals surface area contributed by atoms with Crippen LogP contribution in [0.1, 0.15) is 11.3 Å². The Hall–Kier alpha value is -1.52. The zero-order chi connectivity index (χ0) is 12.3. The van der Waals surface area contributed by atoms with Gasteiger partial charge in [-0.3, -0.25) is 0 Å². The van der Waals surface area contributed by atoms with E-state index in [0.29, 0.717) is 11.2 Å². The van der Waals surface area contributed by atoms with Gasteiger partial charge in [0.15, 0.2) is 0 Å². The smallest absolute Gasteiger partial charge is 0.139 e. The number of aromatic nitrogens is 2. The van der Waals surface area contributed by atoms with E-state index in [4.69, 9.17) is 17.0 Å². The molecule has 1 heterocycles. The number of ether oxygens (including phenoxy) is 1. The second-order valence-electron chi connectivity index (χ2n) is 3.89. The molecule has 0 radical (unpaired) electrons. The Morgan fingerprint density at radius 1 is 1.29 bits per heavy atom. The van der Waals surface area contributed by atoms with E-state index >= 15 is 0 Å². The number of rotatable bonds is 3. The average molecular weight is 246 g/mol. The molecule has 2 rings (SSSR count). The second-order valence-corrected chi connectivity index (χ2v) is 4.31. The van der Waals surface area contributed by atoms with Crippen molar-refractivity contribution in [2.24, 2.45) is 0 Å². The fourth-order valence-corrected chi connectivity index (χ4v) is 1.82. The van der Waals surface area contributed by atoms with Crippen LogP contribution < -0.4 is 0 Å². The van der Waals surface area contributed by atoms with E-state index in [2.05, 4.69) is 29.0 Å². The third-order valence-electron chi connectivity index (χ3n) is 2.42. The number of aryl methyl sites for hydroxylation is 1. The van der Waals surface area contributed by atoms with Crippen LogP contribution in [0.5, 0.6) is 0 Å². The van der Waals surface area contributed by atoms with E-state index in [-0.39, 0.29) is 0 Å². The summed E-state index contributed by atoms with van der Waals surface area (Å²) in [7, 11) is 1.66. The van der Waals surface area contributed by atoms with Gasteiger partial charge in [0.2, 0.25) is 0 Å². The summed E-state index contributed by atoms with van der Waals surface area (Å²) in [6.45, 7) is 2.56. The van der Waals surface area contributed by atoms with Gasteiger partial charge in [-0.15, -0.1) is 0 Å². The Labute approximate surface area is 105 Å². The van der Waals surface area contributed by atoms with Gasteiger partial charge in [0.1, 0.15) is 10.5 Å². The second kappa shape index (κ2) is 5.21. The normalized spacial score (nSPS) is 10.5. The summed E-state index contributed by atoms with van der Waals surface area (Å²) in [6.07, 6.45) is 0. The summed E-state index contributed by atoms with van der Waals surface area (Å²) in [6, 6.07) is 9.98. The number of aromatic amines is 1. The van der Waals surface area contributed by atoms with Crippen LogP contribution in [0, 0.1) is 11.6 Å².